The van der Waals surface area contributed by atoms with E-state index in [1.165, 1.54) is 0 Å². The van der Waals surface area contributed by atoms with Crippen LogP contribution in [0.3, 0.4) is 0 Å². The van der Waals surface area contributed by atoms with Gasteiger partial charge in [0.25, 0.3) is 0 Å². The molecule has 2 N–H and O–H groups in total. The maximum Gasteiger partial charge on any atom is 0.409 e. The number of ether oxygens (including phenoxy) is 2. The third-order valence-electron chi connectivity index (χ3n) is 8.26. The minimum absolute atomic E-state index is 0.0485. The van der Waals surface area contributed by atoms with Crippen molar-refractivity contribution in [1.82, 2.24) is 19.6 Å². The number of likely N-dealkylation sites (tertiary alicyclic amines) is 4. The van der Waals surface area contributed by atoms with Crippen LogP contribution < -0.4 is 0 Å². The molecule has 4 fully saturated rings. The number of rotatable bonds is 4. The van der Waals surface area contributed by atoms with Gasteiger partial charge in [0.2, 0.25) is 0 Å². The van der Waals surface area contributed by atoms with Gasteiger partial charge in [0.05, 0.1) is 38.0 Å². The molecule has 4 aliphatic rings. The van der Waals surface area contributed by atoms with E-state index < -0.39 is 5.54 Å². The average Bonchev–Trinajstić information content (AvgIpc) is 3.51. The maximum atomic E-state index is 11.7. The molecule has 0 saturated carbocycles. The molecule has 11 heteroatoms. The molecule has 0 aromatic carbocycles. The van der Waals surface area contributed by atoms with E-state index in [1.807, 2.05) is 6.92 Å². The first kappa shape index (κ1) is 29.4. The molecule has 0 spiro atoms. The number of piperidine rings is 2. The minimum atomic E-state index is -0.604. The summed E-state index contributed by atoms with van der Waals surface area (Å²) in [5.74, 6) is 0. The average molecular weight is 524 g/mol. The van der Waals surface area contributed by atoms with E-state index in [-0.39, 0.29) is 29.9 Å². The second-order valence-corrected chi connectivity index (χ2v) is 10.8. The van der Waals surface area contributed by atoms with Crippen molar-refractivity contribution in [3.8, 4) is 6.07 Å². The fourth-order valence-corrected chi connectivity index (χ4v) is 5.86. The van der Waals surface area contributed by atoms with Gasteiger partial charge < -0.3 is 29.5 Å². The molecular weight excluding hydrogens is 478 g/mol. The smallest absolute Gasteiger partial charge is 0.409 e. The van der Waals surface area contributed by atoms with E-state index in [1.54, 1.807) is 16.7 Å². The first-order chi connectivity index (χ1) is 17.7. The Morgan fingerprint density at radius 1 is 0.811 bits per heavy atom. The predicted molar refractivity (Wildman–Crippen MR) is 137 cm³/mol. The highest BCUT2D eigenvalue weighted by Gasteiger charge is 2.46. The summed E-state index contributed by atoms with van der Waals surface area (Å²) >= 11 is 0. The Kier molecular flexibility index (Phi) is 10.4. The maximum absolute atomic E-state index is 11.7. The lowest BCUT2D eigenvalue weighted by molar-refractivity contribution is 0.0255. The van der Waals surface area contributed by atoms with Gasteiger partial charge in [-0.2, -0.15) is 5.26 Å². The molecule has 0 radical (unpaired) electrons. The summed E-state index contributed by atoms with van der Waals surface area (Å²) in [6.07, 6.45) is 3.78. The lowest BCUT2D eigenvalue weighted by atomic mass is 9.94. The van der Waals surface area contributed by atoms with Crippen molar-refractivity contribution in [2.75, 3.05) is 65.6 Å². The highest BCUT2D eigenvalue weighted by atomic mass is 16.6. The second-order valence-electron chi connectivity index (χ2n) is 10.8. The largest absolute Gasteiger partial charge is 0.450 e. The fraction of sp³-hybridized carbons (Fsp3) is 0.885. The van der Waals surface area contributed by atoms with Crippen LogP contribution in [-0.4, -0.2) is 131 Å². The van der Waals surface area contributed by atoms with Gasteiger partial charge in [-0.15, -0.1) is 0 Å². The van der Waals surface area contributed by atoms with E-state index in [0.29, 0.717) is 58.7 Å². The van der Waals surface area contributed by atoms with Crippen LogP contribution in [0.2, 0.25) is 0 Å². The van der Waals surface area contributed by atoms with E-state index in [4.69, 9.17) is 9.47 Å². The van der Waals surface area contributed by atoms with Crippen LogP contribution in [0.5, 0.6) is 0 Å². The van der Waals surface area contributed by atoms with E-state index >= 15 is 0 Å². The Morgan fingerprint density at radius 2 is 1.27 bits per heavy atom. The fourth-order valence-electron chi connectivity index (χ4n) is 5.86. The van der Waals surface area contributed by atoms with E-state index in [9.17, 15) is 25.1 Å². The number of amides is 2. The van der Waals surface area contributed by atoms with Crippen LogP contribution in [0, 0.1) is 11.3 Å². The van der Waals surface area contributed by atoms with Gasteiger partial charge in [-0.25, -0.2) is 9.59 Å². The molecule has 2 amide bonds. The molecule has 4 aliphatic heterocycles. The third kappa shape index (κ3) is 7.25. The van der Waals surface area contributed by atoms with Gasteiger partial charge in [0.1, 0.15) is 5.54 Å². The van der Waals surface area contributed by atoms with Crippen molar-refractivity contribution in [1.29, 1.82) is 5.26 Å². The number of aliphatic hydroxyl groups is 2. The number of aliphatic hydroxyl groups excluding tert-OH is 2. The Morgan fingerprint density at radius 3 is 1.76 bits per heavy atom. The van der Waals surface area contributed by atoms with Gasteiger partial charge in [0.15, 0.2) is 0 Å². The summed E-state index contributed by atoms with van der Waals surface area (Å²) in [5, 5.41) is 28.6. The number of nitriles is 1. The zero-order valence-corrected chi connectivity index (χ0v) is 22.7. The molecular formula is C26H45N5O6. The zero-order valence-electron chi connectivity index (χ0n) is 22.7. The number of hydrogen-bond acceptors (Lipinski definition) is 9. The lowest BCUT2D eigenvalue weighted by Crippen LogP contribution is -2.53. The van der Waals surface area contributed by atoms with Gasteiger partial charge in [-0.3, -0.25) is 9.80 Å². The molecule has 2 atom stereocenters. The zero-order chi connectivity index (χ0) is 27.1. The normalized spacial score (nSPS) is 29.9. The summed E-state index contributed by atoms with van der Waals surface area (Å²) in [6, 6.07) is 2.38. The van der Waals surface area contributed by atoms with Crippen molar-refractivity contribution in [3.05, 3.63) is 0 Å². The highest BCUT2D eigenvalue weighted by Crippen LogP contribution is 2.32. The summed E-state index contributed by atoms with van der Waals surface area (Å²) in [6.45, 7) is 12.4. The molecule has 2 unspecified atom stereocenters. The Balaban J connectivity index is 0.000000206. The van der Waals surface area contributed by atoms with Crippen molar-refractivity contribution in [2.45, 2.75) is 82.6 Å². The molecule has 4 saturated heterocycles. The summed E-state index contributed by atoms with van der Waals surface area (Å²) in [5.41, 5.74) is -0.556. The van der Waals surface area contributed by atoms with Gasteiger partial charge in [-0.05, 0) is 59.3 Å². The first-order valence-corrected chi connectivity index (χ1v) is 13.8. The van der Waals surface area contributed by atoms with Crippen molar-refractivity contribution in [3.63, 3.8) is 0 Å². The third-order valence-corrected chi connectivity index (χ3v) is 8.26. The van der Waals surface area contributed by atoms with Crippen LogP contribution in [0.1, 0.15) is 59.3 Å². The molecule has 210 valence electrons. The number of carbonyl (C=O) groups is 2. The highest BCUT2D eigenvalue weighted by molar-refractivity contribution is 5.68. The molecule has 4 heterocycles. The first-order valence-electron chi connectivity index (χ1n) is 13.8. The van der Waals surface area contributed by atoms with Crippen LogP contribution in [0.25, 0.3) is 0 Å². The number of nitrogens with zero attached hydrogens (tertiary/aromatic N) is 5. The standard InChI is InChI=1S/C13H21N3O3.C13H24N2O3/c1-2-19-12(18)15-8-5-13(9-14,10-15)16-6-3-11(17)4-7-16;1-3-18-12(17)14-9-6-13(2,10-14)15-7-4-11(16)5-8-15/h11,17H,2-8,10H2,1H3;11,16H,3-10H2,1-2H3. The van der Waals surface area contributed by atoms with E-state index in [0.717, 1.165) is 45.4 Å². The molecule has 11 nitrogen and oxygen atoms in total. The summed E-state index contributed by atoms with van der Waals surface area (Å²) in [4.78, 5) is 31.4. The lowest BCUT2D eigenvalue weighted by Gasteiger charge is -2.41. The van der Waals surface area contributed by atoms with Crippen LogP contribution >= 0.6 is 0 Å². The van der Waals surface area contributed by atoms with Crippen LogP contribution in [-0.2, 0) is 9.47 Å². The molecule has 0 bridgehead atoms. The number of hydrogen-bond donors (Lipinski definition) is 2. The Labute approximate surface area is 220 Å². The van der Waals surface area contributed by atoms with Gasteiger partial charge >= 0.3 is 12.2 Å². The van der Waals surface area contributed by atoms with Crippen LogP contribution in [0.15, 0.2) is 0 Å². The van der Waals surface area contributed by atoms with Crippen molar-refractivity contribution >= 4 is 12.2 Å². The van der Waals surface area contributed by atoms with E-state index in [2.05, 4.69) is 22.8 Å². The topological polar surface area (TPSA) is 130 Å². The van der Waals surface area contributed by atoms with Crippen molar-refractivity contribution in [2.24, 2.45) is 0 Å². The number of carbonyl (C=O) groups excluding carboxylic acids is 2. The Bertz CT molecular complexity index is 808. The SMILES string of the molecule is CCOC(=O)N1CCC(C#N)(N2CCC(O)CC2)C1.CCOC(=O)N1CCC(C)(N2CCC(O)CC2)C1. The van der Waals surface area contributed by atoms with Gasteiger partial charge in [0, 0.05) is 51.4 Å². The monoisotopic (exact) mass is 523 g/mol. The predicted octanol–water partition coefficient (Wildman–Crippen LogP) is 1.63. The molecule has 4 rings (SSSR count). The van der Waals surface area contributed by atoms with Crippen molar-refractivity contribution < 1.29 is 29.3 Å². The van der Waals surface area contributed by atoms with Crippen LogP contribution in [0.4, 0.5) is 9.59 Å². The quantitative estimate of drug-likeness (QED) is 0.565. The Hall–Kier alpha value is -2.13. The summed E-state index contributed by atoms with van der Waals surface area (Å²) in [7, 11) is 0. The summed E-state index contributed by atoms with van der Waals surface area (Å²) < 4.78 is 10.0. The molecule has 0 aromatic rings. The van der Waals surface area contributed by atoms with Gasteiger partial charge in [-0.1, -0.05) is 0 Å². The minimum Gasteiger partial charge on any atom is -0.450 e. The molecule has 37 heavy (non-hydrogen) atoms. The second kappa shape index (κ2) is 13.1. The molecule has 0 aromatic heterocycles. The molecule has 0 aliphatic carbocycles.